The largest absolute Gasteiger partial charge is 0.337 e. The maximum absolute atomic E-state index is 12.4. The van der Waals surface area contributed by atoms with E-state index >= 15 is 0 Å². The third-order valence-electron chi connectivity index (χ3n) is 4.68. The van der Waals surface area contributed by atoms with Crippen molar-refractivity contribution in [1.82, 2.24) is 14.8 Å². The molecule has 0 atom stereocenters. The second kappa shape index (κ2) is 7.58. The van der Waals surface area contributed by atoms with E-state index in [4.69, 9.17) is 0 Å². The second-order valence-corrected chi connectivity index (χ2v) is 6.63. The fourth-order valence-electron chi connectivity index (χ4n) is 3.16. The topological polar surface area (TPSA) is 36.4 Å². The summed E-state index contributed by atoms with van der Waals surface area (Å²) < 4.78 is 0. The summed E-state index contributed by atoms with van der Waals surface area (Å²) in [4.78, 5) is 20.9. The highest BCUT2D eigenvalue weighted by molar-refractivity contribution is 5.76. The first kappa shape index (κ1) is 16.7. The Hall–Kier alpha value is -2.20. The van der Waals surface area contributed by atoms with Gasteiger partial charge in [-0.05, 0) is 36.6 Å². The van der Waals surface area contributed by atoms with Gasteiger partial charge in [-0.15, -0.1) is 0 Å². The number of benzene rings is 1. The average Bonchev–Trinajstić information content (AvgIpc) is 2.75. The van der Waals surface area contributed by atoms with Crippen LogP contribution in [0.5, 0.6) is 0 Å². The molecule has 0 N–H and O–H groups in total. The SMILES string of the molecule is Cc1ccc(C)c(CN2CCC(=O)N(Cc3cccnc3)CC2)c1. The van der Waals surface area contributed by atoms with E-state index in [9.17, 15) is 4.79 Å². The van der Waals surface area contributed by atoms with Crippen LogP contribution in [0.3, 0.4) is 0 Å². The first-order chi connectivity index (χ1) is 11.6. The maximum atomic E-state index is 12.4. The van der Waals surface area contributed by atoms with Gasteiger partial charge in [0, 0.05) is 51.5 Å². The molecule has 1 aliphatic heterocycles. The van der Waals surface area contributed by atoms with Gasteiger partial charge in [-0.25, -0.2) is 0 Å². The molecule has 2 aromatic rings. The van der Waals surface area contributed by atoms with Gasteiger partial charge in [0.1, 0.15) is 0 Å². The first-order valence-corrected chi connectivity index (χ1v) is 8.57. The second-order valence-electron chi connectivity index (χ2n) is 6.63. The van der Waals surface area contributed by atoms with E-state index in [2.05, 4.69) is 41.9 Å². The monoisotopic (exact) mass is 323 g/mol. The van der Waals surface area contributed by atoms with E-state index in [0.29, 0.717) is 13.0 Å². The van der Waals surface area contributed by atoms with Gasteiger partial charge in [-0.1, -0.05) is 29.8 Å². The third-order valence-corrected chi connectivity index (χ3v) is 4.68. The number of aryl methyl sites for hydroxylation is 2. The summed E-state index contributed by atoms with van der Waals surface area (Å²) in [6.07, 6.45) is 4.19. The zero-order chi connectivity index (χ0) is 16.9. The molecule has 0 saturated carbocycles. The Kier molecular flexibility index (Phi) is 5.26. The number of aromatic nitrogens is 1. The first-order valence-electron chi connectivity index (χ1n) is 8.57. The number of amides is 1. The van der Waals surface area contributed by atoms with Crippen LogP contribution in [0.1, 0.15) is 28.7 Å². The molecule has 1 aromatic heterocycles. The van der Waals surface area contributed by atoms with Crippen LogP contribution in [-0.2, 0) is 17.9 Å². The molecule has 0 aliphatic carbocycles. The molecule has 0 spiro atoms. The van der Waals surface area contributed by atoms with Gasteiger partial charge in [0.05, 0.1) is 0 Å². The summed E-state index contributed by atoms with van der Waals surface area (Å²) in [7, 11) is 0. The summed E-state index contributed by atoms with van der Waals surface area (Å²) in [6, 6.07) is 10.5. The van der Waals surface area contributed by atoms with E-state index in [-0.39, 0.29) is 5.91 Å². The fraction of sp³-hybridized carbons (Fsp3) is 0.400. The van der Waals surface area contributed by atoms with Crippen molar-refractivity contribution in [1.29, 1.82) is 0 Å². The van der Waals surface area contributed by atoms with Gasteiger partial charge in [-0.2, -0.15) is 0 Å². The number of carbonyl (C=O) groups excluding carboxylic acids is 1. The lowest BCUT2D eigenvalue weighted by atomic mass is 10.1. The van der Waals surface area contributed by atoms with Crippen molar-refractivity contribution in [3.63, 3.8) is 0 Å². The number of hydrogen-bond donors (Lipinski definition) is 0. The van der Waals surface area contributed by atoms with Gasteiger partial charge in [-0.3, -0.25) is 14.7 Å². The quantitative estimate of drug-likeness (QED) is 0.868. The van der Waals surface area contributed by atoms with Crippen LogP contribution in [0.2, 0.25) is 0 Å². The molecule has 1 amide bonds. The molecule has 1 aromatic carbocycles. The molecule has 1 aliphatic rings. The van der Waals surface area contributed by atoms with Crippen molar-refractivity contribution in [2.24, 2.45) is 0 Å². The summed E-state index contributed by atoms with van der Waals surface area (Å²) in [5.41, 5.74) is 5.07. The smallest absolute Gasteiger partial charge is 0.224 e. The number of hydrogen-bond acceptors (Lipinski definition) is 3. The molecule has 4 nitrogen and oxygen atoms in total. The molecule has 0 radical (unpaired) electrons. The molecule has 4 heteroatoms. The fourth-order valence-corrected chi connectivity index (χ4v) is 3.16. The van der Waals surface area contributed by atoms with Crippen molar-refractivity contribution in [2.75, 3.05) is 19.6 Å². The van der Waals surface area contributed by atoms with Gasteiger partial charge < -0.3 is 4.90 Å². The zero-order valence-electron chi connectivity index (χ0n) is 14.5. The Labute approximate surface area is 144 Å². The lowest BCUT2D eigenvalue weighted by molar-refractivity contribution is -0.130. The number of pyridine rings is 1. The van der Waals surface area contributed by atoms with E-state index < -0.39 is 0 Å². The zero-order valence-corrected chi connectivity index (χ0v) is 14.5. The Morgan fingerprint density at radius 2 is 1.96 bits per heavy atom. The van der Waals surface area contributed by atoms with Crippen molar-refractivity contribution >= 4 is 5.91 Å². The molecule has 1 saturated heterocycles. The Morgan fingerprint density at radius 1 is 1.08 bits per heavy atom. The van der Waals surface area contributed by atoms with E-state index in [1.165, 1.54) is 16.7 Å². The summed E-state index contributed by atoms with van der Waals surface area (Å²) in [6.45, 7) is 8.39. The average molecular weight is 323 g/mol. The van der Waals surface area contributed by atoms with Crippen LogP contribution in [0.4, 0.5) is 0 Å². The van der Waals surface area contributed by atoms with Crippen LogP contribution in [-0.4, -0.2) is 40.3 Å². The minimum absolute atomic E-state index is 0.238. The van der Waals surface area contributed by atoms with Crippen LogP contribution < -0.4 is 0 Å². The van der Waals surface area contributed by atoms with Crippen molar-refractivity contribution in [3.8, 4) is 0 Å². The highest BCUT2D eigenvalue weighted by Crippen LogP contribution is 2.16. The standard InChI is InChI=1S/C20H25N3O/c1-16-5-6-17(2)19(12-16)15-22-9-7-20(24)23(11-10-22)14-18-4-3-8-21-13-18/h3-6,8,12-13H,7,9-11,14-15H2,1-2H3. The predicted octanol–water partition coefficient (Wildman–Crippen LogP) is 2.93. The van der Waals surface area contributed by atoms with Gasteiger partial charge in [0.2, 0.25) is 5.91 Å². The molecular weight excluding hydrogens is 298 g/mol. The summed E-state index contributed by atoms with van der Waals surface area (Å²) in [5.74, 6) is 0.238. The molecule has 3 rings (SSSR count). The number of rotatable bonds is 4. The molecular formula is C20H25N3O. The summed E-state index contributed by atoms with van der Waals surface area (Å²) >= 11 is 0. The highest BCUT2D eigenvalue weighted by atomic mass is 16.2. The van der Waals surface area contributed by atoms with Crippen molar-refractivity contribution < 1.29 is 4.79 Å². The summed E-state index contributed by atoms with van der Waals surface area (Å²) in [5, 5.41) is 0. The van der Waals surface area contributed by atoms with E-state index in [0.717, 1.165) is 31.7 Å². The van der Waals surface area contributed by atoms with Gasteiger partial charge in [0.15, 0.2) is 0 Å². The minimum Gasteiger partial charge on any atom is -0.337 e. The number of carbonyl (C=O) groups is 1. The number of nitrogens with zero attached hydrogens (tertiary/aromatic N) is 3. The van der Waals surface area contributed by atoms with Gasteiger partial charge >= 0.3 is 0 Å². The van der Waals surface area contributed by atoms with Crippen molar-refractivity contribution in [2.45, 2.75) is 33.4 Å². The predicted molar refractivity (Wildman–Crippen MR) is 95.5 cm³/mol. The van der Waals surface area contributed by atoms with Crippen LogP contribution in [0, 0.1) is 13.8 Å². The Bertz CT molecular complexity index is 699. The molecule has 126 valence electrons. The minimum atomic E-state index is 0.238. The lowest BCUT2D eigenvalue weighted by Gasteiger charge is -2.23. The van der Waals surface area contributed by atoms with Crippen LogP contribution in [0.25, 0.3) is 0 Å². The van der Waals surface area contributed by atoms with E-state index in [1.807, 2.05) is 23.2 Å². The highest BCUT2D eigenvalue weighted by Gasteiger charge is 2.21. The van der Waals surface area contributed by atoms with E-state index in [1.54, 1.807) is 6.20 Å². The molecule has 1 fully saturated rings. The Morgan fingerprint density at radius 3 is 2.75 bits per heavy atom. The normalized spacial score (nSPS) is 16.2. The maximum Gasteiger partial charge on any atom is 0.224 e. The lowest BCUT2D eigenvalue weighted by Crippen LogP contribution is -2.32. The van der Waals surface area contributed by atoms with Gasteiger partial charge in [0.25, 0.3) is 0 Å². The molecule has 24 heavy (non-hydrogen) atoms. The van der Waals surface area contributed by atoms with Crippen molar-refractivity contribution in [3.05, 3.63) is 65.0 Å². The molecule has 2 heterocycles. The molecule has 0 unspecified atom stereocenters. The third kappa shape index (κ3) is 4.20. The van der Waals surface area contributed by atoms with Crippen LogP contribution >= 0.6 is 0 Å². The Balaban J connectivity index is 1.63. The van der Waals surface area contributed by atoms with Crippen LogP contribution in [0.15, 0.2) is 42.7 Å². The molecule has 0 bridgehead atoms.